The molecule has 9 heteroatoms. The smallest absolute Gasteiger partial charge is 0.254 e. The number of sulfonamides is 1. The lowest BCUT2D eigenvalue weighted by Gasteiger charge is -2.26. The number of hydrogen-bond donors (Lipinski definition) is 3. The van der Waals surface area contributed by atoms with E-state index in [9.17, 15) is 13.2 Å². The molecule has 1 aromatic heterocycles. The van der Waals surface area contributed by atoms with Crippen LogP contribution in [0.2, 0.25) is 0 Å². The zero-order chi connectivity index (χ0) is 30.4. The first kappa shape index (κ1) is 30.8. The number of unbranched alkanes of at least 4 members (excludes halogenated alkanes) is 1. The number of aromatic nitrogens is 1. The minimum absolute atomic E-state index is 0.0599. The lowest BCUT2D eigenvalue weighted by atomic mass is 9.98. The van der Waals surface area contributed by atoms with Crippen molar-refractivity contribution in [3.63, 3.8) is 0 Å². The van der Waals surface area contributed by atoms with Gasteiger partial charge in [0.1, 0.15) is 0 Å². The number of fused-ring (bicyclic) bond motifs is 1. The summed E-state index contributed by atoms with van der Waals surface area (Å²) < 4.78 is 30.7. The third-order valence-electron chi connectivity index (χ3n) is 7.84. The Morgan fingerprint density at radius 3 is 2.33 bits per heavy atom. The van der Waals surface area contributed by atoms with Crippen molar-refractivity contribution in [3.05, 3.63) is 88.5 Å². The standard InChI is InChI=1S/C34H42N4O4S/c1-24-20-25(2)22-28(21-24)33-30(31-23-27(9-12-32(31)36-33)34(39)38-16-18-42-19-17-38)13-15-35-14-5-4-6-26-7-10-29(11-8-26)37-43(3,40)41/h7-12,20-23,35-37H,4-6,13-19H2,1-3H3. The van der Waals surface area contributed by atoms with Crippen LogP contribution in [-0.4, -0.2) is 69.9 Å². The van der Waals surface area contributed by atoms with Crippen molar-refractivity contribution in [2.24, 2.45) is 0 Å². The molecule has 228 valence electrons. The fourth-order valence-corrected chi connectivity index (χ4v) is 6.39. The van der Waals surface area contributed by atoms with Crippen LogP contribution in [0.5, 0.6) is 0 Å². The number of benzene rings is 3. The number of aromatic amines is 1. The van der Waals surface area contributed by atoms with Crippen molar-refractivity contribution in [2.75, 3.05) is 50.4 Å². The summed E-state index contributed by atoms with van der Waals surface area (Å²) in [5.41, 5.74) is 9.50. The first-order valence-corrected chi connectivity index (χ1v) is 16.9. The summed E-state index contributed by atoms with van der Waals surface area (Å²) in [5.74, 6) is 0.0599. The second-order valence-electron chi connectivity index (χ2n) is 11.5. The third-order valence-corrected chi connectivity index (χ3v) is 8.45. The SMILES string of the molecule is Cc1cc(C)cc(-c2[nH]c3ccc(C(=O)N4CCOCC4)cc3c2CCNCCCCc2ccc(NS(C)(=O)=O)cc2)c1. The molecule has 5 rings (SSSR count). The fourth-order valence-electron chi connectivity index (χ4n) is 5.83. The maximum Gasteiger partial charge on any atom is 0.254 e. The Kier molecular flexibility index (Phi) is 9.85. The molecular weight excluding hydrogens is 560 g/mol. The van der Waals surface area contributed by atoms with Gasteiger partial charge in [-0.05, 0) is 112 Å². The first-order valence-electron chi connectivity index (χ1n) is 15.0. The van der Waals surface area contributed by atoms with Gasteiger partial charge >= 0.3 is 0 Å². The first-order chi connectivity index (χ1) is 20.7. The van der Waals surface area contributed by atoms with Crippen LogP contribution in [0.4, 0.5) is 5.69 Å². The van der Waals surface area contributed by atoms with Crippen molar-refractivity contribution in [1.29, 1.82) is 0 Å². The Hall–Kier alpha value is -3.66. The molecule has 0 spiro atoms. The lowest BCUT2D eigenvalue weighted by Crippen LogP contribution is -2.40. The van der Waals surface area contributed by atoms with Crippen LogP contribution in [-0.2, 0) is 27.6 Å². The Bertz CT molecular complexity index is 1650. The molecule has 4 aromatic rings. The van der Waals surface area contributed by atoms with E-state index in [0.717, 1.165) is 67.2 Å². The van der Waals surface area contributed by atoms with Gasteiger partial charge in [-0.1, -0.05) is 29.3 Å². The summed E-state index contributed by atoms with van der Waals surface area (Å²) in [4.78, 5) is 18.8. The predicted octanol–water partition coefficient (Wildman–Crippen LogP) is 5.45. The lowest BCUT2D eigenvalue weighted by molar-refractivity contribution is 0.0303. The van der Waals surface area contributed by atoms with Crippen molar-refractivity contribution >= 4 is 32.5 Å². The Labute approximate surface area is 254 Å². The third kappa shape index (κ3) is 8.25. The summed E-state index contributed by atoms with van der Waals surface area (Å²) in [7, 11) is -3.26. The molecule has 0 atom stereocenters. The molecule has 1 fully saturated rings. The van der Waals surface area contributed by atoms with Gasteiger partial charge in [-0.25, -0.2) is 8.42 Å². The number of aryl methyl sites for hydroxylation is 3. The second kappa shape index (κ2) is 13.8. The zero-order valence-corrected chi connectivity index (χ0v) is 26.1. The van der Waals surface area contributed by atoms with Crippen molar-refractivity contribution in [1.82, 2.24) is 15.2 Å². The molecule has 2 heterocycles. The molecule has 1 aliphatic rings. The number of amides is 1. The van der Waals surface area contributed by atoms with Crippen LogP contribution in [0.15, 0.2) is 60.7 Å². The number of rotatable bonds is 12. The number of ether oxygens (including phenoxy) is 1. The molecule has 1 saturated heterocycles. The highest BCUT2D eigenvalue weighted by molar-refractivity contribution is 7.92. The van der Waals surface area contributed by atoms with Crippen LogP contribution in [0, 0.1) is 13.8 Å². The molecule has 1 amide bonds. The molecule has 8 nitrogen and oxygen atoms in total. The fraction of sp³-hybridized carbons (Fsp3) is 0.382. The summed E-state index contributed by atoms with van der Waals surface area (Å²) >= 11 is 0. The van der Waals surface area contributed by atoms with E-state index in [2.05, 4.69) is 53.1 Å². The van der Waals surface area contributed by atoms with Gasteiger partial charge in [0.25, 0.3) is 5.91 Å². The number of morpholine rings is 1. The van der Waals surface area contributed by atoms with E-state index in [1.54, 1.807) is 0 Å². The normalized spacial score (nSPS) is 13.9. The molecule has 43 heavy (non-hydrogen) atoms. The number of nitrogens with one attached hydrogen (secondary N) is 3. The van der Waals surface area contributed by atoms with Gasteiger partial charge in [0.2, 0.25) is 10.0 Å². The average molecular weight is 603 g/mol. The Morgan fingerprint density at radius 1 is 0.907 bits per heavy atom. The zero-order valence-electron chi connectivity index (χ0n) is 25.3. The van der Waals surface area contributed by atoms with Gasteiger partial charge in [-0.2, -0.15) is 0 Å². The number of H-pyrrole nitrogens is 1. The van der Waals surface area contributed by atoms with Gasteiger partial charge in [-0.3, -0.25) is 9.52 Å². The minimum Gasteiger partial charge on any atom is -0.378 e. The average Bonchev–Trinajstić information content (AvgIpc) is 3.34. The highest BCUT2D eigenvalue weighted by Gasteiger charge is 2.21. The van der Waals surface area contributed by atoms with Gasteiger partial charge in [0, 0.05) is 40.9 Å². The largest absolute Gasteiger partial charge is 0.378 e. The molecule has 1 aliphatic heterocycles. The van der Waals surface area contributed by atoms with E-state index < -0.39 is 10.0 Å². The van der Waals surface area contributed by atoms with Gasteiger partial charge < -0.3 is 19.9 Å². The van der Waals surface area contributed by atoms with E-state index in [0.29, 0.717) is 32.0 Å². The van der Waals surface area contributed by atoms with E-state index in [1.165, 1.54) is 27.8 Å². The Morgan fingerprint density at radius 2 is 1.63 bits per heavy atom. The van der Waals surface area contributed by atoms with Crippen LogP contribution in [0.3, 0.4) is 0 Å². The number of hydrogen-bond acceptors (Lipinski definition) is 5. The quantitative estimate of drug-likeness (QED) is 0.187. The maximum absolute atomic E-state index is 13.3. The topological polar surface area (TPSA) is 104 Å². The van der Waals surface area contributed by atoms with E-state index >= 15 is 0 Å². The van der Waals surface area contributed by atoms with Crippen LogP contribution >= 0.6 is 0 Å². The molecule has 0 aliphatic carbocycles. The van der Waals surface area contributed by atoms with Crippen molar-refractivity contribution in [2.45, 2.75) is 39.5 Å². The molecule has 0 unspecified atom stereocenters. The Balaban J connectivity index is 1.24. The second-order valence-corrected chi connectivity index (χ2v) is 13.3. The number of carbonyl (C=O) groups is 1. The molecule has 3 aromatic carbocycles. The van der Waals surface area contributed by atoms with Gasteiger partial charge in [0.05, 0.1) is 19.5 Å². The summed E-state index contributed by atoms with van der Waals surface area (Å²) in [6.45, 7) is 8.41. The number of carbonyl (C=O) groups excluding carboxylic acids is 1. The molecular formula is C34H42N4O4S. The minimum atomic E-state index is -3.26. The monoisotopic (exact) mass is 602 g/mol. The molecule has 0 saturated carbocycles. The maximum atomic E-state index is 13.3. The van der Waals surface area contributed by atoms with Crippen LogP contribution in [0.1, 0.15) is 45.5 Å². The highest BCUT2D eigenvalue weighted by atomic mass is 32.2. The number of nitrogens with zero attached hydrogens (tertiary/aromatic N) is 1. The molecule has 0 radical (unpaired) electrons. The van der Waals surface area contributed by atoms with E-state index in [-0.39, 0.29) is 5.91 Å². The van der Waals surface area contributed by atoms with Crippen molar-refractivity contribution in [3.8, 4) is 11.3 Å². The molecule has 0 bridgehead atoms. The predicted molar refractivity (Wildman–Crippen MR) is 174 cm³/mol. The summed E-state index contributed by atoms with van der Waals surface area (Å²) in [6.07, 6.45) is 5.02. The van der Waals surface area contributed by atoms with Gasteiger partial charge in [0.15, 0.2) is 0 Å². The van der Waals surface area contributed by atoms with Crippen LogP contribution < -0.4 is 10.0 Å². The van der Waals surface area contributed by atoms with E-state index in [1.807, 2.05) is 41.3 Å². The number of anilines is 1. The summed E-state index contributed by atoms with van der Waals surface area (Å²) in [6, 6.07) is 20.2. The van der Waals surface area contributed by atoms with Crippen LogP contribution in [0.25, 0.3) is 22.2 Å². The van der Waals surface area contributed by atoms with E-state index in [4.69, 9.17) is 4.74 Å². The molecule has 3 N–H and O–H groups in total. The van der Waals surface area contributed by atoms with Crippen molar-refractivity contribution < 1.29 is 17.9 Å². The highest BCUT2D eigenvalue weighted by Crippen LogP contribution is 2.33. The summed E-state index contributed by atoms with van der Waals surface area (Å²) in [5, 5.41) is 4.72. The van der Waals surface area contributed by atoms with Gasteiger partial charge in [-0.15, -0.1) is 0 Å².